The molecule has 1 amide bonds. The third-order valence-corrected chi connectivity index (χ3v) is 6.87. The number of rotatable bonds is 3. The predicted octanol–water partition coefficient (Wildman–Crippen LogP) is 6.38. The van der Waals surface area contributed by atoms with Gasteiger partial charge in [-0.25, -0.2) is 4.99 Å². The Kier molecular flexibility index (Phi) is 5.52. The lowest BCUT2D eigenvalue weighted by Gasteiger charge is -2.09. The van der Waals surface area contributed by atoms with Gasteiger partial charge in [-0.1, -0.05) is 29.8 Å². The van der Waals surface area contributed by atoms with Crippen LogP contribution in [0, 0.1) is 11.3 Å². The van der Waals surface area contributed by atoms with Gasteiger partial charge in [0.05, 0.1) is 5.56 Å². The molecule has 0 aliphatic heterocycles. The first-order valence-electron chi connectivity index (χ1n) is 10.3. The number of thiophene rings is 1. The minimum Gasteiger partial charge on any atom is -0.437 e. The molecule has 4 aromatic rings. The van der Waals surface area contributed by atoms with Crippen molar-refractivity contribution in [3.05, 3.63) is 86.7 Å². The zero-order valence-corrected chi connectivity index (χ0v) is 18.6. The zero-order chi connectivity index (χ0) is 22.1. The number of halogens is 1. The van der Waals surface area contributed by atoms with E-state index in [0.29, 0.717) is 32.2 Å². The number of hydrogen-bond acceptors (Lipinski definition) is 5. The quantitative estimate of drug-likeness (QED) is 0.386. The van der Waals surface area contributed by atoms with Crippen molar-refractivity contribution >= 4 is 50.5 Å². The normalized spacial score (nSPS) is 13.6. The lowest BCUT2D eigenvalue weighted by molar-refractivity contribution is 0.102. The maximum Gasteiger partial charge on any atom is 0.261 e. The SMILES string of the molecule is N#Cc1c(N=c2oc3ccc(Cl)cc3cc2C(=O)Nc2ccccc2)sc2c1CCCC2. The first kappa shape index (κ1) is 20.5. The summed E-state index contributed by atoms with van der Waals surface area (Å²) in [5, 5.41) is 14.5. The lowest BCUT2D eigenvalue weighted by Crippen LogP contribution is -2.21. The van der Waals surface area contributed by atoms with E-state index in [2.05, 4.69) is 16.4 Å². The Morgan fingerprint density at radius 2 is 1.94 bits per heavy atom. The van der Waals surface area contributed by atoms with Gasteiger partial charge in [0, 0.05) is 21.0 Å². The number of nitriles is 1. The smallest absolute Gasteiger partial charge is 0.261 e. The summed E-state index contributed by atoms with van der Waals surface area (Å²) in [6.45, 7) is 0. The summed E-state index contributed by atoms with van der Waals surface area (Å²) in [4.78, 5) is 19.1. The second-order valence-electron chi connectivity index (χ2n) is 7.58. The topological polar surface area (TPSA) is 78.4 Å². The van der Waals surface area contributed by atoms with Crippen LogP contribution in [0.15, 0.2) is 64.0 Å². The van der Waals surface area contributed by atoms with Crippen molar-refractivity contribution in [3.63, 3.8) is 0 Å². The Morgan fingerprint density at radius 1 is 1.12 bits per heavy atom. The van der Waals surface area contributed by atoms with Crippen molar-refractivity contribution in [3.8, 4) is 6.07 Å². The highest BCUT2D eigenvalue weighted by molar-refractivity contribution is 7.16. The number of hydrogen-bond donors (Lipinski definition) is 1. The highest BCUT2D eigenvalue weighted by Crippen LogP contribution is 2.39. The van der Waals surface area contributed by atoms with Crippen LogP contribution in [0.5, 0.6) is 0 Å². The maximum atomic E-state index is 13.2. The first-order chi connectivity index (χ1) is 15.6. The molecule has 0 spiro atoms. The standard InChI is InChI=1S/C25H18ClN3O2S/c26-16-10-11-21-15(12-16)13-19(23(30)28-17-6-2-1-3-7-17)24(31-21)29-25-20(14-27)18-8-4-5-9-22(18)32-25/h1-3,6-7,10-13H,4-5,8-9H2,(H,28,30). The molecule has 5 nitrogen and oxygen atoms in total. The van der Waals surface area contributed by atoms with Crippen LogP contribution in [0.3, 0.4) is 0 Å². The number of carbonyl (C=O) groups is 1. The fraction of sp³-hybridized carbons (Fsp3) is 0.160. The van der Waals surface area contributed by atoms with Crippen molar-refractivity contribution < 1.29 is 9.21 Å². The number of carbonyl (C=O) groups excluding carboxylic acids is 1. The molecule has 2 heterocycles. The van der Waals surface area contributed by atoms with Gasteiger partial charge in [-0.15, -0.1) is 11.3 Å². The Hall–Kier alpha value is -3.40. The van der Waals surface area contributed by atoms with E-state index in [0.717, 1.165) is 31.2 Å². The molecule has 1 aliphatic carbocycles. The molecule has 0 saturated heterocycles. The van der Waals surface area contributed by atoms with Crippen LogP contribution in [-0.4, -0.2) is 5.91 Å². The van der Waals surface area contributed by atoms with E-state index in [-0.39, 0.29) is 17.0 Å². The highest BCUT2D eigenvalue weighted by atomic mass is 35.5. The number of benzene rings is 2. The molecule has 1 N–H and O–H groups in total. The zero-order valence-electron chi connectivity index (χ0n) is 17.0. The molecule has 1 aliphatic rings. The first-order valence-corrected chi connectivity index (χ1v) is 11.5. The van der Waals surface area contributed by atoms with Crippen LogP contribution < -0.4 is 10.9 Å². The van der Waals surface area contributed by atoms with E-state index in [4.69, 9.17) is 16.0 Å². The van der Waals surface area contributed by atoms with Gasteiger partial charge in [-0.3, -0.25) is 4.79 Å². The van der Waals surface area contributed by atoms with Crippen LogP contribution in [0.1, 0.15) is 39.2 Å². The number of amides is 1. The summed E-state index contributed by atoms with van der Waals surface area (Å²) < 4.78 is 6.05. The van der Waals surface area contributed by atoms with Gasteiger partial charge in [0.2, 0.25) is 5.55 Å². The minimum absolute atomic E-state index is 0.170. The summed E-state index contributed by atoms with van der Waals surface area (Å²) in [6.07, 6.45) is 4.03. The van der Waals surface area contributed by atoms with Crippen LogP contribution in [0.2, 0.25) is 5.02 Å². The van der Waals surface area contributed by atoms with Gasteiger partial charge in [-0.05, 0) is 67.6 Å². The van der Waals surface area contributed by atoms with Gasteiger partial charge in [0.15, 0.2) is 0 Å². The molecule has 0 fully saturated rings. The molecule has 0 bridgehead atoms. The fourth-order valence-corrected chi connectivity index (χ4v) is 5.29. The minimum atomic E-state index is -0.347. The van der Waals surface area contributed by atoms with Gasteiger partial charge < -0.3 is 9.73 Å². The number of para-hydroxylation sites is 1. The summed E-state index contributed by atoms with van der Waals surface area (Å²) in [6, 6.07) is 18.5. The lowest BCUT2D eigenvalue weighted by atomic mass is 9.96. The average molecular weight is 460 g/mol. The van der Waals surface area contributed by atoms with Gasteiger partial charge in [-0.2, -0.15) is 5.26 Å². The third kappa shape index (κ3) is 3.93. The van der Waals surface area contributed by atoms with Crippen molar-refractivity contribution in [2.75, 3.05) is 5.32 Å². The highest BCUT2D eigenvalue weighted by Gasteiger charge is 2.21. The predicted molar refractivity (Wildman–Crippen MR) is 127 cm³/mol. The number of aryl methyl sites for hydroxylation is 1. The summed E-state index contributed by atoms with van der Waals surface area (Å²) in [5.74, 6) is -0.347. The van der Waals surface area contributed by atoms with Gasteiger partial charge in [0.1, 0.15) is 22.2 Å². The van der Waals surface area contributed by atoms with E-state index in [1.807, 2.05) is 30.3 Å². The Balaban J connectivity index is 1.69. The second kappa shape index (κ2) is 8.62. The van der Waals surface area contributed by atoms with E-state index < -0.39 is 0 Å². The van der Waals surface area contributed by atoms with E-state index in [9.17, 15) is 10.1 Å². The van der Waals surface area contributed by atoms with Crippen molar-refractivity contribution in [1.82, 2.24) is 0 Å². The molecule has 0 atom stereocenters. The monoisotopic (exact) mass is 459 g/mol. The number of fused-ring (bicyclic) bond motifs is 2. The molecule has 2 aromatic heterocycles. The molecule has 32 heavy (non-hydrogen) atoms. The summed E-state index contributed by atoms with van der Waals surface area (Å²) >= 11 is 7.66. The van der Waals surface area contributed by atoms with E-state index >= 15 is 0 Å². The Labute approximate surface area is 193 Å². The van der Waals surface area contributed by atoms with E-state index in [1.54, 1.807) is 24.3 Å². The third-order valence-electron chi connectivity index (χ3n) is 5.45. The van der Waals surface area contributed by atoms with Gasteiger partial charge in [0.25, 0.3) is 5.91 Å². The van der Waals surface area contributed by atoms with Gasteiger partial charge >= 0.3 is 0 Å². The van der Waals surface area contributed by atoms with Crippen molar-refractivity contribution in [1.29, 1.82) is 5.26 Å². The molecule has 5 rings (SSSR count). The average Bonchev–Trinajstić information content (AvgIpc) is 3.16. The van der Waals surface area contributed by atoms with Crippen LogP contribution in [-0.2, 0) is 12.8 Å². The summed E-state index contributed by atoms with van der Waals surface area (Å²) in [7, 11) is 0. The fourth-order valence-electron chi connectivity index (χ4n) is 3.90. The molecule has 0 saturated carbocycles. The van der Waals surface area contributed by atoms with Crippen LogP contribution >= 0.6 is 22.9 Å². The van der Waals surface area contributed by atoms with Crippen LogP contribution in [0.25, 0.3) is 11.0 Å². The molecule has 2 aromatic carbocycles. The maximum absolute atomic E-state index is 13.2. The molecule has 158 valence electrons. The summed E-state index contributed by atoms with van der Waals surface area (Å²) in [5.41, 5.74) is 3.35. The van der Waals surface area contributed by atoms with Crippen LogP contribution in [0.4, 0.5) is 10.7 Å². The largest absolute Gasteiger partial charge is 0.437 e. The number of nitrogens with zero attached hydrogens (tertiary/aromatic N) is 2. The number of nitrogens with one attached hydrogen (secondary N) is 1. The molecule has 0 unspecified atom stereocenters. The van der Waals surface area contributed by atoms with E-state index in [1.165, 1.54) is 16.2 Å². The van der Waals surface area contributed by atoms with Crippen molar-refractivity contribution in [2.24, 2.45) is 4.99 Å². The molecule has 7 heteroatoms. The van der Waals surface area contributed by atoms with Crippen molar-refractivity contribution in [2.45, 2.75) is 25.7 Å². The molecular weight excluding hydrogens is 442 g/mol. The Bertz CT molecular complexity index is 1450. The second-order valence-corrected chi connectivity index (χ2v) is 9.10. The number of anilines is 1. The molecule has 0 radical (unpaired) electrons. The Morgan fingerprint density at radius 3 is 2.75 bits per heavy atom. The molecular formula is C25H18ClN3O2S.